The average molecular weight is 267 g/mol. The highest BCUT2D eigenvalue weighted by Crippen LogP contribution is 2.49. The van der Waals surface area contributed by atoms with Crippen molar-refractivity contribution in [3.8, 4) is 0 Å². The average Bonchev–Trinajstić information content (AvgIpc) is 2.89. The highest BCUT2D eigenvalue weighted by molar-refractivity contribution is 5.77. The number of rotatable bonds is 6. The van der Waals surface area contributed by atoms with E-state index in [2.05, 4.69) is 0 Å². The predicted molar refractivity (Wildman–Crippen MR) is 72.7 cm³/mol. The minimum Gasteiger partial charge on any atom is -0.481 e. The largest absolute Gasteiger partial charge is 0.481 e. The number of carbonyl (C=O) groups excluding carboxylic acids is 1. The van der Waals surface area contributed by atoms with Gasteiger partial charge in [0.05, 0.1) is 6.42 Å². The van der Waals surface area contributed by atoms with E-state index in [1.807, 2.05) is 13.8 Å². The number of hydrogen-bond donors (Lipinski definition) is 1. The van der Waals surface area contributed by atoms with E-state index in [0.717, 1.165) is 11.8 Å². The van der Waals surface area contributed by atoms with Crippen LogP contribution in [0.2, 0.25) is 0 Å². The number of carboxylic acid groups (broad SMARTS) is 1. The second-order valence-corrected chi connectivity index (χ2v) is 6.46. The van der Waals surface area contributed by atoms with Gasteiger partial charge < -0.3 is 10.0 Å². The van der Waals surface area contributed by atoms with Crippen LogP contribution in [0.1, 0.15) is 52.4 Å². The van der Waals surface area contributed by atoms with Crippen LogP contribution in [0.5, 0.6) is 0 Å². The second-order valence-electron chi connectivity index (χ2n) is 6.46. The Labute approximate surface area is 115 Å². The van der Waals surface area contributed by atoms with Crippen LogP contribution in [-0.2, 0) is 9.59 Å². The molecule has 3 unspecified atom stereocenters. The first-order valence-electron chi connectivity index (χ1n) is 7.48. The molecule has 108 valence electrons. The molecule has 1 N–H and O–H groups in total. The lowest BCUT2D eigenvalue weighted by atomic mass is 9.86. The van der Waals surface area contributed by atoms with E-state index in [-0.39, 0.29) is 18.4 Å². The van der Waals surface area contributed by atoms with Crippen LogP contribution < -0.4 is 0 Å². The summed E-state index contributed by atoms with van der Waals surface area (Å²) >= 11 is 0. The molecular formula is C15H25NO3. The van der Waals surface area contributed by atoms with Crippen molar-refractivity contribution in [3.63, 3.8) is 0 Å². The van der Waals surface area contributed by atoms with Crippen LogP contribution in [0, 0.1) is 17.8 Å². The highest BCUT2D eigenvalue weighted by atomic mass is 16.4. The monoisotopic (exact) mass is 267 g/mol. The molecule has 0 spiro atoms. The third-order valence-electron chi connectivity index (χ3n) is 4.83. The SMILES string of the molecule is CC(C)N(CCC(=O)O)C(=O)CC1CC2CCC1C2. The van der Waals surface area contributed by atoms with Crippen LogP contribution in [0.25, 0.3) is 0 Å². The lowest BCUT2D eigenvalue weighted by Crippen LogP contribution is -2.39. The molecule has 0 aromatic rings. The zero-order valence-electron chi connectivity index (χ0n) is 12.0. The summed E-state index contributed by atoms with van der Waals surface area (Å²) in [7, 11) is 0. The van der Waals surface area contributed by atoms with Crippen molar-refractivity contribution < 1.29 is 14.7 Å². The van der Waals surface area contributed by atoms with Crippen LogP contribution in [0.3, 0.4) is 0 Å². The Kier molecular flexibility index (Phi) is 4.48. The molecule has 4 heteroatoms. The second kappa shape index (κ2) is 5.93. The molecule has 1 amide bonds. The van der Waals surface area contributed by atoms with Gasteiger partial charge in [-0.25, -0.2) is 0 Å². The number of hydrogen-bond acceptors (Lipinski definition) is 2. The first kappa shape index (κ1) is 14.4. The van der Waals surface area contributed by atoms with E-state index >= 15 is 0 Å². The van der Waals surface area contributed by atoms with Crippen LogP contribution in [0.15, 0.2) is 0 Å². The van der Waals surface area contributed by atoms with E-state index in [4.69, 9.17) is 5.11 Å². The molecule has 2 rings (SSSR count). The van der Waals surface area contributed by atoms with Gasteiger partial charge in [0, 0.05) is 19.0 Å². The highest BCUT2D eigenvalue weighted by Gasteiger charge is 2.40. The predicted octanol–water partition coefficient (Wildman–Crippen LogP) is 2.52. The quantitative estimate of drug-likeness (QED) is 0.804. The van der Waals surface area contributed by atoms with Crippen molar-refractivity contribution in [1.29, 1.82) is 0 Å². The fourth-order valence-corrected chi connectivity index (χ4v) is 3.85. The van der Waals surface area contributed by atoms with Gasteiger partial charge in [-0.2, -0.15) is 0 Å². The van der Waals surface area contributed by atoms with Gasteiger partial charge in [0.2, 0.25) is 5.91 Å². The van der Waals surface area contributed by atoms with Gasteiger partial charge in [-0.15, -0.1) is 0 Å². The molecule has 0 aromatic heterocycles. The first-order valence-corrected chi connectivity index (χ1v) is 7.48. The fourth-order valence-electron chi connectivity index (χ4n) is 3.85. The maximum atomic E-state index is 12.4. The van der Waals surface area contributed by atoms with Crippen molar-refractivity contribution in [2.45, 2.75) is 58.4 Å². The molecule has 0 heterocycles. The van der Waals surface area contributed by atoms with E-state index in [1.54, 1.807) is 4.90 Å². The topological polar surface area (TPSA) is 57.6 Å². The minimum atomic E-state index is -0.835. The molecule has 0 aliphatic heterocycles. The lowest BCUT2D eigenvalue weighted by Gasteiger charge is -2.29. The lowest BCUT2D eigenvalue weighted by molar-refractivity contribution is -0.139. The van der Waals surface area contributed by atoms with Gasteiger partial charge in [0.15, 0.2) is 0 Å². The summed E-state index contributed by atoms with van der Waals surface area (Å²) in [5.74, 6) is 1.47. The molecule has 19 heavy (non-hydrogen) atoms. The molecule has 2 saturated carbocycles. The maximum Gasteiger partial charge on any atom is 0.305 e. The molecule has 2 bridgehead atoms. The standard InChI is InChI=1S/C15H25NO3/c1-10(2)16(6-5-15(18)19)14(17)9-13-8-11-3-4-12(13)7-11/h10-13H,3-9H2,1-2H3,(H,18,19). The fraction of sp³-hybridized carbons (Fsp3) is 0.867. The van der Waals surface area contributed by atoms with E-state index in [0.29, 0.717) is 18.9 Å². The Morgan fingerprint density at radius 2 is 2.00 bits per heavy atom. The number of nitrogens with zero attached hydrogens (tertiary/aromatic N) is 1. The van der Waals surface area contributed by atoms with Crippen LogP contribution in [0.4, 0.5) is 0 Å². The van der Waals surface area contributed by atoms with Crippen molar-refractivity contribution in [2.75, 3.05) is 6.54 Å². The van der Waals surface area contributed by atoms with Crippen molar-refractivity contribution in [3.05, 3.63) is 0 Å². The van der Waals surface area contributed by atoms with Crippen molar-refractivity contribution >= 4 is 11.9 Å². The number of aliphatic carboxylic acids is 1. The van der Waals surface area contributed by atoms with Crippen molar-refractivity contribution in [2.24, 2.45) is 17.8 Å². The van der Waals surface area contributed by atoms with Crippen LogP contribution in [-0.4, -0.2) is 34.5 Å². The Morgan fingerprint density at radius 1 is 1.26 bits per heavy atom. The molecular weight excluding hydrogens is 242 g/mol. The number of carbonyl (C=O) groups is 2. The molecule has 2 fully saturated rings. The summed E-state index contributed by atoms with van der Waals surface area (Å²) in [4.78, 5) is 24.8. The summed E-state index contributed by atoms with van der Waals surface area (Å²) in [6.45, 7) is 4.26. The van der Waals surface area contributed by atoms with Crippen LogP contribution >= 0.6 is 0 Å². The Hall–Kier alpha value is -1.06. The molecule has 0 aromatic carbocycles. The minimum absolute atomic E-state index is 0.0423. The van der Waals surface area contributed by atoms with E-state index < -0.39 is 5.97 Å². The molecule has 3 atom stereocenters. The van der Waals surface area contributed by atoms with Gasteiger partial charge in [-0.3, -0.25) is 9.59 Å². The Morgan fingerprint density at radius 3 is 2.47 bits per heavy atom. The third kappa shape index (κ3) is 3.48. The summed E-state index contributed by atoms with van der Waals surface area (Å²) in [6, 6.07) is 0.0884. The first-order chi connectivity index (χ1) is 8.97. The molecule has 2 aliphatic rings. The summed E-state index contributed by atoms with van der Waals surface area (Å²) < 4.78 is 0. The zero-order chi connectivity index (χ0) is 14.0. The smallest absolute Gasteiger partial charge is 0.305 e. The maximum absolute atomic E-state index is 12.4. The Balaban J connectivity index is 1.86. The molecule has 2 aliphatic carbocycles. The number of fused-ring (bicyclic) bond motifs is 2. The Bertz CT molecular complexity index is 353. The van der Waals surface area contributed by atoms with Gasteiger partial charge in [-0.1, -0.05) is 6.42 Å². The number of carboxylic acids is 1. The van der Waals surface area contributed by atoms with Gasteiger partial charge >= 0.3 is 5.97 Å². The zero-order valence-corrected chi connectivity index (χ0v) is 12.0. The number of amides is 1. The molecule has 0 radical (unpaired) electrons. The summed E-state index contributed by atoms with van der Waals surface area (Å²) in [6.07, 6.45) is 5.83. The summed E-state index contributed by atoms with van der Waals surface area (Å²) in [5.41, 5.74) is 0. The third-order valence-corrected chi connectivity index (χ3v) is 4.83. The molecule has 0 saturated heterocycles. The van der Waals surface area contributed by atoms with Gasteiger partial charge in [0.25, 0.3) is 0 Å². The normalized spacial score (nSPS) is 28.9. The summed E-state index contributed by atoms with van der Waals surface area (Å²) in [5, 5.41) is 8.76. The molecule has 4 nitrogen and oxygen atoms in total. The van der Waals surface area contributed by atoms with Crippen molar-refractivity contribution in [1.82, 2.24) is 4.90 Å². The van der Waals surface area contributed by atoms with Gasteiger partial charge in [0.1, 0.15) is 0 Å². The van der Waals surface area contributed by atoms with E-state index in [9.17, 15) is 9.59 Å². The van der Waals surface area contributed by atoms with E-state index in [1.165, 1.54) is 25.7 Å². The van der Waals surface area contributed by atoms with Gasteiger partial charge in [-0.05, 0) is 50.9 Å².